The standard InChI is InChI=1S/C8H21NO5Si2/c1-11-16(12-2,13-3)7-6-15(4,5)14-8(9)10/h6-7H2,1-5H3,(H2,9,10). The molecule has 2 N–H and O–H groups in total. The first kappa shape index (κ1) is 15.6. The molecule has 0 aromatic heterocycles. The van der Waals surface area contributed by atoms with Crippen LogP contribution in [0.15, 0.2) is 0 Å². The van der Waals surface area contributed by atoms with Crippen molar-refractivity contribution in [2.45, 2.75) is 25.2 Å². The van der Waals surface area contributed by atoms with E-state index < -0.39 is 23.2 Å². The summed E-state index contributed by atoms with van der Waals surface area (Å²) in [6, 6.07) is 1.31. The van der Waals surface area contributed by atoms with Crippen LogP contribution in [0.1, 0.15) is 0 Å². The fourth-order valence-electron chi connectivity index (χ4n) is 1.33. The van der Waals surface area contributed by atoms with Gasteiger partial charge in [-0.05, 0) is 19.1 Å². The topological polar surface area (TPSA) is 80.0 Å². The zero-order chi connectivity index (χ0) is 12.8. The first-order valence-electron chi connectivity index (χ1n) is 4.95. The van der Waals surface area contributed by atoms with Gasteiger partial charge in [-0.25, -0.2) is 4.79 Å². The number of amides is 1. The van der Waals surface area contributed by atoms with E-state index in [9.17, 15) is 4.79 Å². The van der Waals surface area contributed by atoms with E-state index in [1.807, 2.05) is 13.1 Å². The van der Waals surface area contributed by atoms with E-state index >= 15 is 0 Å². The van der Waals surface area contributed by atoms with Crippen LogP contribution in [0.2, 0.25) is 25.2 Å². The Labute approximate surface area is 98.5 Å². The lowest BCUT2D eigenvalue weighted by atomic mass is 10.9. The SMILES string of the molecule is CO[Si](CC[Si](C)(C)OC(N)=O)(OC)OC. The van der Waals surface area contributed by atoms with Crippen LogP contribution < -0.4 is 5.73 Å². The normalized spacial score (nSPS) is 12.6. The van der Waals surface area contributed by atoms with Crippen molar-refractivity contribution < 1.29 is 22.5 Å². The molecule has 0 unspecified atom stereocenters. The minimum Gasteiger partial charge on any atom is -0.504 e. The predicted molar refractivity (Wildman–Crippen MR) is 64.5 cm³/mol. The van der Waals surface area contributed by atoms with Crippen LogP contribution in [0.4, 0.5) is 4.79 Å². The van der Waals surface area contributed by atoms with E-state index in [1.165, 1.54) is 0 Å². The van der Waals surface area contributed by atoms with Crippen LogP contribution in [0, 0.1) is 0 Å². The van der Waals surface area contributed by atoms with Crippen molar-refractivity contribution in [2.75, 3.05) is 21.3 Å². The lowest BCUT2D eigenvalue weighted by Crippen LogP contribution is -2.45. The molecule has 1 amide bonds. The molecule has 0 bridgehead atoms. The molecule has 96 valence electrons. The Hall–Kier alpha value is -0.416. The summed E-state index contributed by atoms with van der Waals surface area (Å²) >= 11 is 0. The Bertz CT molecular complexity index is 224. The number of nitrogens with two attached hydrogens (primary N) is 1. The maximum Gasteiger partial charge on any atom is 0.499 e. The third-order valence-electron chi connectivity index (χ3n) is 2.34. The van der Waals surface area contributed by atoms with Crippen molar-refractivity contribution in [2.24, 2.45) is 5.73 Å². The van der Waals surface area contributed by atoms with Gasteiger partial charge in [-0.15, -0.1) is 0 Å². The quantitative estimate of drug-likeness (QED) is 0.700. The van der Waals surface area contributed by atoms with Gasteiger partial charge in [0.25, 0.3) is 8.32 Å². The molecule has 0 aliphatic rings. The highest BCUT2D eigenvalue weighted by Crippen LogP contribution is 2.22. The van der Waals surface area contributed by atoms with Crippen LogP contribution in [0.5, 0.6) is 0 Å². The summed E-state index contributed by atoms with van der Waals surface area (Å²) in [5.74, 6) is 0. The molecular formula is C8H21NO5Si2. The number of carbonyl (C=O) groups excluding carboxylic acids is 1. The highest BCUT2D eigenvalue weighted by molar-refractivity contribution is 6.74. The Morgan fingerprint density at radius 1 is 1.06 bits per heavy atom. The number of primary amides is 1. The molecule has 0 saturated heterocycles. The van der Waals surface area contributed by atoms with Gasteiger partial charge in [0.15, 0.2) is 0 Å². The van der Waals surface area contributed by atoms with Gasteiger partial charge in [0, 0.05) is 27.4 Å². The molecular weight excluding hydrogens is 246 g/mol. The highest BCUT2D eigenvalue weighted by atomic mass is 28.4. The van der Waals surface area contributed by atoms with Crippen molar-refractivity contribution in [3.63, 3.8) is 0 Å². The van der Waals surface area contributed by atoms with Gasteiger partial charge in [-0.3, -0.25) is 0 Å². The molecule has 0 aliphatic carbocycles. The number of carbonyl (C=O) groups is 1. The van der Waals surface area contributed by atoms with Crippen molar-refractivity contribution in [3.05, 3.63) is 0 Å². The highest BCUT2D eigenvalue weighted by Gasteiger charge is 2.41. The molecule has 0 saturated carbocycles. The first-order chi connectivity index (χ1) is 7.31. The Kier molecular flexibility index (Phi) is 6.19. The molecule has 0 spiro atoms. The smallest absolute Gasteiger partial charge is 0.499 e. The molecule has 0 rings (SSSR count). The van der Waals surface area contributed by atoms with Gasteiger partial charge in [0.1, 0.15) is 0 Å². The monoisotopic (exact) mass is 267 g/mol. The summed E-state index contributed by atoms with van der Waals surface area (Å²) in [7, 11) is -0.00566. The Morgan fingerprint density at radius 2 is 1.50 bits per heavy atom. The Balaban J connectivity index is 4.34. The molecule has 6 nitrogen and oxygen atoms in total. The second-order valence-electron chi connectivity index (χ2n) is 3.98. The van der Waals surface area contributed by atoms with E-state index in [0.717, 1.165) is 0 Å². The Morgan fingerprint density at radius 3 is 1.81 bits per heavy atom. The lowest BCUT2D eigenvalue weighted by Gasteiger charge is -2.28. The number of rotatable bonds is 7. The maximum atomic E-state index is 10.7. The third kappa shape index (κ3) is 5.08. The van der Waals surface area contributed by atoms with E-state index in [1.54, 1.807) is 21.3 Å². The van der Waals surface area contributed by atoms with Crippen LogP contribution in [0.3, 0.4) is 0 Å². The molecule has 0 radical (unpaired) electrons. The number of hydrogen-bond acceptors (Lipinski definition) is 5. The average molecular weight is 267 g/mol. The van der Waals surface area contributed by atoms with Gasteiger partial charge in [0.05, 0.1) is 0 Å². The van der Waals surface area contributed by atoms with Gasteiger partial charge >= 0.3 is 14.9 Å². The fourth-order valence-corrected chi connectivity index (χ4v) is 6.73. The summed E-state index contributed by atoms with van der Waals surface area (Å²) in [5.41, 5.74) is 5.01. The molecule has 0 atom stereocenters. The van der Waals surface area contributed by atoms with Crippen molar-refractivity contribution in [1.82, 2.24) is 0 Å². The maximum absolute atomic E-state index is 10.7. The minimum atomic E-state index is -2.58. The summed E-state index contributed by atoms with van der Waals surface area (Å²) in [6.07, 6.45) is -0.726. The zero-order valence-electron chi connectivity index (χ0n) is 10.5. The van der Waals surface area contributed by atoms with E-state index in [0.29, 0.717) is 12.1 Å². The van der Waals surface area contributed by atoms with E-state index in [-0.39, 0.29) is 0 Å². The molecule has 0 heterocycles. The van der Waals surface area contributed by atoms with Crippen molar-refractivity contribution in [1.29, 1.82) is 0 Å². The van der Waals surface area contributed by atoms with E-state index in [4.69, 9.17) is 23.4 Å². The zero-order valence-corrected chi connectivity index (χ0v) is 12.5. The summed E-state index contributed by atoms with van der Waals surface area (Å²) in [6.45, 7) is 3.83. The molecule has 0 aromatic rings. The minimum absolute atomic E-state index is 0.614. The predicted octanol–water partition coefficient (Wildman–Crippen LogP) is 1.16. The molecule has 8 heteroatoms. The largest absolute Gasteiger partial charge is 0.504 e. The van der Waals surface area contributed by atoms with Crippen LogP contribution >= 0.6 is 0 Å². The molecule has 0 aromatic carbocycles. The molecule has 16 heavy (non-hydrogen) atoms. The number of hydrogen-bond donors (Lipinski definition) is 1. The summed E-state index contributed by atoms with van der Waals surface area (Å²) < 4.78 is 20.9. The molecule has 0 fully saturated rings. The summed E-state index contributed by atoms with van der Waals surface area (Å²) in [5, 5.41) is 0. The first-order valence-corrected chi connectivity index (χ1v) is 9.99. The third-order valence-corrected chi connectivity index (χ3v) is 7.78. The lowest BCUT2D eigenvalue weighted by molar-refractivity contribution is 0.124. The van der Waals surface area contributed by atoms with Crippen LogP contribution in [0.25, 0.3) is 0 Å². The van der Waals surface area contributed by atoms with Gasteiger partial charge < -0.3 is 23.4 Å². The van der Waals surface area contributed by atoms with Crippen molar-refractivity contribution in [3.8, 4) is 0 Å². The fraction of sp³-hybridized carbons (Fsp3) is 0.875. The second kappa shape index (κ2) is 6.35. The second-order valence-corrected chi connectivity index (χ2v) is 11.3. The van der Waals surface area contributed by atoms with Crippen molar-refractivity contribution >= 4 is 23.2 Å². The van der Waals surface area contributed by atoms with Gasteiger partial charge in [-0.2, -0.15) is 0 Å². The van der Waals surface area contributed by atoms with Gasteiger partial charge in [0.2, 0.25) is 0 Å². The van der Waals surface area contributed by atoms with Crippen LogP contribution in [-0.4, -0.2) is 44.5 Å². The van der Waals surface area contributed by atoms with Crippen LogP contribution in [-0.2, 0) is 17.7 Å². The molecule has 0 aliphatic heterocycles. The van der Waals surface area contributed by atoms with Gasteiger partial charge in [-0.1, -0.05) is 0 Å². The summed E-state index contributed by atoms with van der Waals surface area (Å²) in [4.78, 5) is 10.7. The average Bonchev–Trinajstić information content (AvgIpc) is 2.19. The van der Waals surface area contributed by atoms with E-state index in [2.05, 4.69) is 0 Å².